The van der Waals surface area contributed by atoms with Crippen LogP contribution in [0.4, 0.5) is 5.69 Å². The average molecular weight is 312 g/mol. The molecular weight excluding hydrogens is 288 g/mol. The van der Waals surface area contributed by atoms with Gasteiger partial charge in [-0.3, -0.25) is 9.59 Å². The molecule has 0 saturated heterocycles. The molecule has 1 aromatic carbocycles. The topological polar surface area (TPSA) is 58.2 Å². The summed E-state index contributed by atoms with van der Waals surface area (Å²) in [5.74, 6) is 2.25. The summed E-state index contributed by atoms with van der Waals surface area (Å²) < 4.78 is 0. The second-order valence-electron chi connectivity index (χ2n) is 7.38. The lowest BCUT2D eigenvalue weighted by atomic mass is 9.85. The molecule has 122 valence electrons. The predicted molar refractivity (Wildman–Crippen MR) is 88.6 cm³/mol. The number of rotatable bonds is 6. The number of anilines is 1. The lowest BCUT2D eigenvalue weighted by Gasteiger charge is -2.24. The van der Waals surface area contributed by atoms with Crippen LogP contribution in [0.2, 0.25) is 0 Å². The smallest absolute Gasteiger partial charge is 0.227 e. The SMILES string of the molecule is O=C(Nc1cccc(CNC(=O)[C@@H]2C[C@@H]2C2CC2)c1)C1CCC1. The summed E-state index contributed by atoms with van der Waals surface area (Å²) in [6, 6.07) is 7.79. The zero-order valence-electron chi connectivity index (χ0n) is 13.4. The van der Waals surface area contributed by atoms with Crippen molar-refractivity contribution in [3.05, 3.63) is 29.8 Å². The third-order valence-corrected chi connectivity index (χ3v) is 5.54. The molecule has 0 bridgehead atoms. The van der Waals surface area contributed by atoms with E-state index in [1.165, 1.54) is 12.8 Å². The van der Waals surface area contributed by atoms with Crippen molar-refractivity contribution in [1.82, 2.24) is 5.32 Å². The maximum absolute atomic E-state index is 12.1. The van der Waals surface area contributed by atoms with Crippen molar-refractivity contribution in [1.29, 1.82) is 0 Å². The first kappa shape index (κ1) is 14.7. The summed E-state index contributed by atoms with van der Waals surface area (Å²) in [5, 5.41) is 6.03. The van der Waals surface area contributed by atoms with E-state index in [1.807, 2.05) is 24.3 Å². The fourth-order valence-corrected chi connectivity index (χ4v) is 3.56. The van der Waals surface area contributed by atoms with Crippen LogP contribution in [0.15, 0.2) is 24.3 Å². The number of carbonyl (C=O) groups excluding carboxylic acids is 2. The molecule has 3 fully saturated rings. The van der Waals surface area contributed by atoms with Crippen molar-refractivity contribution >= 4 is 17.5 Å². The van der Waals surface area contributed by atoms with Crippen molar-refractivity contribution < 1.29 is 9.59 Å². The van der Waals surface area contributed by atoms with Gasteiger partial charge in [-0.15, -0.1) is 0 Å². The Morgan fingerprint density at radius 3 is 2.61 bits per heavy atom. The minimum Gasteiger partial charge on any atom is -0.352 e. The first-order valence-corrected chi connectivity index (χ1v) is 8.88. The highest BCUT2D eigenvalue weighted by Gasteiger charge is 2.50. The zero-order chi connectivity index (χ0) is 15.8. The standard InChI is InChI=1S/C19H24N2O2/c22-18(14-4-2-5-14)21-15-6-1-3-12(9-15)11-20-19(23)17-10-16(17)13-7-8-13/h1,3,6,9,13-14,16-17H,2,4-5,7-8,10-11H2,(H,20,23)(H,21,22)/t16-,17-/m1/s1. The van der Waals surface area contributed by atoms with Crippen LogP contribution in [0, 0.1) is 23.7 Å². The van der Waals surface area contributed by atoms with Gasteiger partial charge in [0.2, 0.25) is 11.8 Å². The molecule has 3 saturated carbocycles. The van der Waals surface area contributed by atoms with Gasteiger partial charge in [0.15, 0.2) is 0 Å². The Morgan fingerprint density at radius 2 is 1.91 bits per heavy atom. The van der Waals surface area contributed by atoms with Gasteiger partial charge in [-0.2, -0.15) is 0 Å². The van der Waals surface area contributed by atoms with Crippen LogP contribution < -0.4 is 10.6 Å². The summed E-state index contributed by atoms with van der Waals surface area (Å²) in [6.45, 7) is 0.542. The molecule has 0 unspecified atom stereocenters. The fourth-order valence-electron chi connectivity index (χ4n) is 3.56. The molecule has 2 amide bonds. The Labute approximate surface area is 137 Å². The maximum Gasteiger partial charge on any atom is 0.227 e. The largest absolute Gasteiger partial charge is 0.352 e. The monoisotopic (exact) mass is 312 g/mol. The molecule has 0 spiro atoms. The number of benzene rings is 1. The Hall–Kier alpha value is -1.84. The molecular formula is C19H24N2O2. The number of hydrogen-bond acceptors (Lipinski definition) is 2. The Bertz CT molecular complexity index is 620. The molecule has 4 rings (SSSR count). The Balaban J connectivity index is 1.28. The molecule has 0 aliphatic heterocycles. The van der Waals surface area contributed by atoms with E-state index >= 15 is 0 Å². The third-order valence-electron chi connectivity index (χ3n) is 5.54. The van der Waals surface area contributed by atoms with Crippen LogP contribution in [0.25, 0.3) is 0 Å². The van der Waals surface area contributed by atoms with Crippen LogP contribution in [-0.2, 0) is 16.1 Å². The van der Waals surface area contributed by atoms with E-state index in [2.05, 4.69) is 10.6 Å². The van der Waals surface area contributed by atoms with Crippen molar-refractivity contribution in [2.75, 3.05) is 5.32 Å². The number of hydrogen-bond donors (Lipinski definition) is 2. The van der Waals surface area contributed by atoms with Crippen LogP contribution >= 0.6 is 0 Å². The van der Waals surface area contributed by atoms with Crippen LogP contribution in [-0.4, -0.2) is 11.8 Å². The molecule has 2 atom stereocenters. The predicted octanol–water partition coefficient (Wildman–Crippen LogP) is 3.09. The second kappa shape index (κ2) is 5.99. The molecule has 0 radical (unpaired) electrons. The van der Waals surface area contributed by atoms with Gasteiger partial charge in [0.25, 0.3) is 0 Å². The van der Waals surface area contributed by atoms with E-state index in [0.29, 0.717) is 12.5 Å². The molecule has 0 heterocycles. The summed E-state index contributed by atoms with van der Waals surface area (Å²) >= 11 is 0. The van der Waals surface area contributed by atoms with Crippen LogP contribution in [0.3, 0.4) is 0 Å². The summed E-state index contributed by atoms with van der Waals surface area (Å²) in [7, 11) is 0. The third kappa shape index (κ3) is 3.41. The average Bonchev–Trinajstić information content (AvgIpc) is 3.35. The number of nitrogens with one attached hydrogen (secondary N) is 2. The summed E-state index contributed by atoms with van der Waals surface area (Å²) in [5.41, 5.74) is 1.87. The van der Waals surface area contributed by atoms with Crippen LogP contribution in [0.5, 0.6) is 0 Å². The molecule has 1 aromatic rings. The van der Waals surface area contributed by atoms with Gasteiger partial charge in [-0.1, -0.05) is 18.6 Å². The van der Waals surface area contributed by atoms with Crippen molar-refractivity contribution in [3.63, 3.8) is 0 Å². The molecule has 0 aromatic heterocycles. The van der Waals surface area contributed by atoms with Gasteiger partial charge in [-0.25, -0.2) is 0 Å². The zero-order valence-corrected chi connectivity index (χ0v) is 13.4. The normalized spacial score (nSPS) is 26.3. The molecule has 4 heteroatoms. The molecule has 3 aliphatic carbocycles. The van der Waals surface area contributed by atoms with Gasteiger partial charge in [0, 0.05) is 24.1 Å². The quantitative estimate of drug-likeness (QED) is 0.848. The minimum atomic E-state index is 0.127. The number of amides is 2. The first-order chi connectivity index (χ1) is 11.2. The lowest BCUT2D eigenvalue weighted by Crippen LogP contribution is -2.28. The molecule has 3 aliphatic rings. The minimum absolute atomic E-state index is 0.127. The highest BCUT2D eigenvalue weighted by molar-refractivity contribution is 5.93. The van der Waals surface area contributed by atoms with Gasteiger partial charge < -0.3 is 10.6 Å². The van der Waals surface area contributed by atoms with Gasteiger partial charge in [0.1, 0.15) is 0 Å². The second-order valence-corrected chi connectivity index (χ2v) is 7.38. The summed E-state index contributed by atoms with van der Waals surface area (Å²) in [6.07, 6.45) is 6.88. The van der Waals surface area contributed by atoms with Crippen molar-refractivity contribution in [2.24, 2.45) is 23.7 Å². The van der Waals surface area contributed by atoms with E-state index in [0.717, 1.165) is 42.9 Å². The highest BCUT2D eigenvalue weighted by Crippen LogP contribution is 2.54. The summed E-state index contributed by atoms with van der Waals surface area (Å²) in [4.78, 5) is 24.1. The van der Waals surface area contributed by atoms with E-state index < -0.39 is 0 Å². The number of carbonyl (C=O) groups is 2. The van der Waals surface area contributed by atoms with Gasteiger partial charge in [0.05, 0.1) is 0 Å². The first-order valence-electron chi connectivity index (χ1n) is 8.88. The van der Waals surface area contributed by atoms with E-state index in [1.54, 1.807) is 0 Å². The molecule has 2 N–H and O–H groups in total. The van der Waals surface area contributed by atoms with Crippen LogP contribution in [0.1, 0.15) is 44.1 Å². The van der Waals surface area contributed by atoms with Gasteiger partial charge >= 0.3 is 0 Å². The molecule has 4 nitrogen and oxygen atoms in total. The van der Waals surface area contributed by atoms with E-state index in [4.69, 9.17) is 0 Å². The Kier molecular flexibility index (Phi) is 3.83. The van der Waals surface area contributed by atoms with Crippen molar-refractivity contribution in [2.45, 2.75) is 45.1 Å². The fraction of sp³-hybridized carbons (Fsp3) is 0.579. The van der Waals surface area contributed by atoms with Gasteiger partial charge in [-0.05, 0) is 61.6 Å². The van der Waals surface area contributed by atoms with Crippen molar-refractivity contribution in [3.8, 4) is 0 Å². The molecule has 23 heavy (non-hydrogen) atoms. The van der Waals surface area contributed by atoms with E-state index in [9.17, 15) is 9.59 Å². The highest BCUT2D eigenvalue weighted by atomic mass is 16.2. The Morgan fingerprint density at radius 1 is 1.09 bits per heavy atom. The van der Waals surface area contributed by atoms with E-state index in [-0.39, 0.29) is 23.7 Å². The maximum atomic E-state index is 12.1. The lowest BCUT2D eigenvalue weighted by molar-refractivity contribution is -0.123.